The lowest BCUT2D eigenvalue weighted by Crippen LogP contribution is -2.45. The van der Waals surface area contributed by atoms with Crippen LogP contribution in [0, 0.1) is 11.3 Å². The molecule has 0 spiro atoms. The number of halogens is 1. The number of aromatic nitrogens is 7. The van der Waals surface area contributed by atoms with Crippen molar-refractivity contribution in [3.05, 3.63) is 42.5 Å². The molecule has 5 heterocycles. The van der Waals surface area contributed by atoms with Crippen molar-refractivity contribution >= 4 is 26.7 Å². The Morgan fingerprint density at radius 1 is 1.22 bits per heavy atom. The molecular weight excluding hydrogens is 499 g/mol. The number of hydrogen-bond acceptors (Lipinski definition) is 9. The van der Waals surface area contributed by atoms with Gasteiger partial charge in [0.1, 0.15) is 17.9 Å². The predicted octanol–water partition coefficient (Wildman–Crippen LogP) is 2.31. The third kappa shape index (κ3) is 4.87. The van der Waals surface area contributed by atoms with Crippen LogP contribution in [0.25, 0.3) is 28.1 Å². The standard InChI is InChI=1S/C23H25FN10O2S/c1-14(2)29-19-7-22(34-23-16(10-28-34)6-15(8-25)9-27-23)26-11-17(19)20-13-33(31-30-20)21-4-5-32(12-18(21)24)37(3,35)36/h6-7,9-11,13-14,18,21H,4-5,12H2,1-3H3,(H,26,29). The molecule has 37 heavy (non-hydrogen) atoms. The molecule has 2 atom stereocenters. The van der Waals surface area contributed by atoms with Gasteiger partial charge in [-0.05, 0) is 26.3 Å². The van der Waals surface area contributed by atoms with Gasteiger partial charge < -0.3 is 5.32 Å². The maximum absolute atomic E-state index is 14.9. The van der Waals surface area contributed by atoms with Gasteiger partial charge in [-0.1, -0.05) is 5.21 Å². The van der Waals surface area contributed by atoms with E-state index in [0.29, 0.717) is 33.7 Å². The van der Waals surface area contributed by atoms with Crippen LogP contribution in [-0.2, 0) is 10.0 Å². The van der Waals surface area contributed by atoms with E-state index in [4.69, 9.17) is 5.26 Å². The summed E-state index contributed by atoms with van der Waals surface area (Å²) < 4.78 is 42.7. The molecule has 192 valence electrons. The van der Waals surface area contributed by atoms with Crippen LogP contribution in [0.3, 0.4) is 0 Å². The molecule has 2 unspecified atom stereocenters. The van der Waals surface area contributed by atoms with Crippen LogP contribution in [0.2, 0.25) is 0 Å². The van der Waals surface area contributed by atoms with E-state index in [2.05, 4.69) is 36.8 Å². The lowest BCUT2D eigenvalue weighted by atomic mass is 10.1. The number of nitrogens with zero attached hydrogens (tertiary/aromatic N) is 9. The molecule has 0 aromatic carbocycles. The van der Waals surface area contributed by atoms with Gasteiger partial charge >= 0.3 is 0 Å². The largest absolute Gasteiger partial charge is 0.382 e. The highest BCUT2D eigenvalue weighted by atomic mass is 32.2. The number of anilines is 1. The summed E-state index contributed by atoms with van der Waals surface area (Å²) in [5, 5.41) is 26.0. The Morgan fingerprint density at radius 3 is 2.73 bits per heavy atom. The van der Waals surface area contributed by atoms with Crippen LogP contribution in [0.4, 0.5) is 10.1 Å². The van der Waals surface area contributed by atoms with Crippen LogP contribution in [0.5, 0.6) is 0 Å². The highest BCUT2D eigenvalue weighted by molar-refractivity contribution is 7.88. The first kappa shape index (κ1) is 24.7. The monoisotopic (exact) mass is 524 g/mol. The normalized spacial score (nSPS) is 18.8. The second-order valence-electron chi connectivity index (χ2n) is 9.27. The zero-order valence-corrected chi connectivity index (χ0v) is 21.3. The van der Waals surface area contributed by atoms with E-state index in [1.807, 2.05) is 19.9 Å². The molecule has 4 aromatic heterocycles. The number of alkyl halides is 1. The number of sulfonamides is 1. The number of nitriles is 1. The topological polar surface area (TPSA) is 148 Å². The minimum atomic E-state index is -3.45. The van der Waals surface area contributed by atoms with Crippen LogP contribution in [-0.4, -0.2) is 79.0 Å². The first-order chi connectivity index (χ1) is 17.6. The summed E-state index contributed by atoms with van der Waals surface area (Å²) in [4.78, 5) is 8.92. The third-order valence-corrected chi connectivity index (χ3v) is 7.42. The molecule has 0 aliphatic carbocycles. The van der Waals surface area contributed by atoms with Crippen molar-refractivity contribution < 1.29 is 12.8 Å². The molecular formula is C23H25FN10O2S. The van der Waals surface area contributed by atoms with Gasteiger partial charge in [0.25, 0.3) is 0 Å². The fourth-order valence-corrected chi connectivity index (χ4v) is 5.22. The number of pyridine rings is 2. The van der Waals surface area contributed by atoms with E-state index in [1.54, 1.807) is 29.3 Å². The molecule has 0 bridgehead atoms. The average molecular weight is 525 g/mol. The van der Waals surface area contributed by atoms with Crippen molar-refractivity contribution in [1.29, 1.82) is 5.26 Å². The van der Waals surface area contributed by atoms with E-state index in [1.165, 1.54) is 10.9 Å². The summed E-state index contributed by atoms with van der Waals surface area (Å²) in [6, 6.07) is 5.07. The Labute approximate surface area is 212 Å². The molecule has 1 fully saturated rings. The van der Waals surface area contributed by atoms with E-state index >= 15 is 0 Å². The van der Waals surface area contributed by atoms with Gasteiger partial charge in [-0.25, -0.2) is 27.5 Å². The average Bonchev–Trinajstić information content (AvgIpc) is 3.50. The van der Waals surface area contributed by atoms with Gasteiger partial charge in [0.15, 0.2) is 11.5 Å². The van der Waals surface area contributed by atoms with Crippen LogP contribution in [0.1, 0.15) is 31.9 Å². The first-order valence-corrected chi connectivity index (χ1v) is 13.5. The van der Waals surface area contributed by atoms with Crippen LogP contribution in [0.15, 0.2) is 36.9 Å². The second kappa shape index (κ2) is 9.49. The van der Waals surface area contributed by atoms with E-state index in [0.717, 1.165) is 16.2 Å². The molecule has 1 N–H and O–H groups in total. The van der Waals surface area contributed by atoms with Gasteiger partial charge in [0.2, 0.25) is 10.0 Å². The highest BCUT2D eigenvalue weighted by Gasteiger charge is 2.35. The maximum atomic E-state index is 14.9. The molecule has 1 aliphatic heterocycles. The number of piperidine rings is 1. The molecule has 1 aliphatic rings. The molecule has 0 radical (unpaired) electrons. The molecule has 0 amide bonds. The SMILES string of the molecule is CC(C)Nc1cc(-n2ncc3cc(C#N)cnc32)ncc1-c1cn(C2CCN(S(C)(=O)=O)CC2F)nn1. The summed E-state index contributed by atoms with van der Waals surface area (Å²) in [6.45, 7) is 4.00. The van der Waals surface area contributed by atoms with Crippen molar-refractivity contribution in [2.75, 3.05) is 24.7 Å². The van der Waals surface area contributed by atoms with Crippen molar-refractivity contribution in [3.63, 3.8) is 0 Å². The van der Waals surface area contributed by atoms with Gasteiger partial charge in [0.05, 0.1) is 30.3 Å². The lowest BCUT2D eigenvalue weighted by molar-refractivity contribution is 0.128. The summed E-state index contributed by atoms with van der Waals surface area (Å²) >= 11 is 0. The first-order valence-electron chi connectivity index (χ1n) is 11.7. The van der Waals surface area contributed by atoms with Crippen molar-refractivity contribution in [2.45, 2.75) is 38.5 Å². The zero-order chi connectivity index (χ0) is 26.3. The summed E-state index contributed by atoms with van der Waals surface area (Å²) in [7, 11) is -3.45. The Hall–Kier alpha value is -3.96. The Kier molecular flexibility index (Phi) is 6.34. The Morgan fingerprint density at radius 2 is 2.03 bits per heavy atom. The molecule has 14 heteroatoms. The minimum absolute atomic E-state index is 0.0882. The van der Waals surface area contributed by atoms with Gasteiger partial charge in [-0.3, -0.25) is 0 Å². The Balaban J connectivity index is 1.47. The van der Waals surface area contributed by atoms with Crippen molar-refractivity contribution in [2.24, 2.45) is 0 Å². The zero-order valence-electron chi connectivity index (χ0n) is 20.4. The molecule has 1 saturated heterocycles. The fourth-order valence-electron chi connectivity index (χ4n) is 4.37. The number of rotatable bonds is 6. The molecule has 5 rings (SSSR count). The Bertz CT molecular complexity index is 1610. The quantitative estimate of drug-likeness (QED) is 0.401. The predicted molar refractivity (Wildman–Crippen MR) is 134 cm³/mol. The minimum Gasteiger partial charge on any atom is -0.382 e. The lowest BCUT2D eigenvalue weighted by Gasteiger charge is -2.32. The summed E-state index contributed by atoms with van der Waals surface area (Å²) in [5.41, 5.74) is 2.91. The van der Waals surface area contributed by atoms with Gasteiger partial charge in [-0.2, -0.15) is 19.3 Å². The van der Waals surface area contributed by atoms with E-state index in [-0.39, 0.29) is 25.6 Å². The number of nitrogens with one attached hydrogen (secondary N) is 1. The van der Waals surface area contributed by atoms with Gasteiger partial charge in [0, 0.05) is 54.2 Å². The maximum Gasteiger partial charge on any atom is 0.211 e. The second-order valence-corrected chi connectivity index (χ2v) is 11.3. The molecule has 4 aromatic rings. The van der Waals surface area contributed by atoms with Crippen molar-refractivity contribution in [3.8, 4) is 23.1 Å². The number of hydrogen-bond donors (Lipinski definition) is 1. The van der Waals surface area contributed by atoms with Crippen molar-refractivity contribution in [1.82, 2.24) is 39.0 Å². The van der Waals surface area contributed by atoms with Gasteiger partial charge in [-0.15, -0.1) is 5.10 Å². The van der Waals surface area contributed by atoms with Crippen LogP contribution < -0.4 is 5.32 Å². The highest BCUT2D eigenvalue weighted by Crippen LogP contribution is 2.31. The summed E-state index contributed by atoms with van der Waals surface area (Å²) in [6.07, 6.45) is 6.38. The van der Waals surface area contributed by atoms with E-state index < -0.39 is 22.2 Å². The summed E-state index contributed by atoms with van der Waals surface area (Å²) in [5.74, 6) is 0.517. The smallest absolute Gasteiger partial charge is 0.211 e. The molecule has 0 saturated carbocycles. The number of fused-ring (bicyclic) bond motifs is 1. The molecule has 12 nitrogen and oxygen atoms in total. The van der Waals surface area contributed by atoms with E-state index in [9.17, 15) is 12.8 Å². The third-order valence-electron chi connectivity index (χ3n) is 6.15. The van der Waals surface area contributed by atoms with Crippen LogP contribution >= 0.6 is 0 Å². The fraction of sp³-hybridized carbons (Fsp3) is 0.391.